The first-order valence-electron chi connectivity index (χ1n) is 6.52. The van der Waals surface area contributed by atoms with Crippen molar-refractivity contribution >= 4 is 28.1 Å². The van der Waals surface area contributed by atoms with E-state index in [1.807, 2.05) is 0 Å². The standard InChI is InChI=1S/C16H9FN4O2/c1-2-10-4-3-5-11(8-10)18-15-13-9-12(21(22)23)6-7-14(13)19-16(17)20-15/h1,3-9H,(H,18,19,20). The van der Waals surface area contributed by atoms with E-state index in [0.29, 0.717) is 16.6 Å². The highest BCUT2D eigenvalue weighted by Crippen LogP contribution is 2.27. The molecule has 0 bridgehead atoms. The van der Waals surface area contributed by atoms with Crippen molar-refractivity contribution in [1.82, 2.24) is 9.97 Å². The van der Waals surface area contributed by atoms with Crippen molar-refractivity contribution in [3.05, 3.63) is 64.2 Å². The maximum atomic E-state index is 13.6. The number of terminal acetylenes is 1. The molecule has 1 N–H and O–H groups in total. The summed E-state index contributed by atoms with van der Waals surface area (Å²) in [5.41, 5.74) is 1.36. The number of nitro groups is 1. The van der Waals surface area contributed by atoms with Crippen LogP contribution in [0.25, 0.3) is 10.9 Å². The van der Waals surface area contributed by atoms with Gasteiger partial charge in [-0.05, 0) is 24.3 Å². The van der Waals surface area contributed by atoms with Gasteiger partial charge in [0.2, 0.25) is 0 Å². The third-order valence-electron chi connectivity index (χ3n) is 3.15. The van der Waals surface area contributed by atoms with E-state index in [1.54, 1.807) is 24.3 Å². The maximum Gasteiger partial charge on any atom is 0.311 e. The number of non-ortho nitro benzene ring substituents is 1. The van der Waals surface area contributed by atoms with E-state index in [-0.39, 0.29) is 17.0 Å². The highest BCUT2D eigenvalue weighted by molar-refractivity contribution is 5.92. The van der Waals surface area contributed by atoms with E-state index in [0.717, 1.165) is 0 Å². The molecule has 0 aliphatic heterocycles. The lowest BCUT2D eigenvalue weighted by atomic mass is 10.2. The maximum absolute atomic E-state index is 13.6. The van der Waals surface area contributed by atoms with Gasteiger partial charge in [0.15, 0.2) is 0 Å². The minimum Gasteiger partial charge on any atom is -0.339 e. The second kappa shape index (κ2) is 5.69. The monoisotopic (exact) mass is 308 g/mol. The van der Waals surface area contributed by atoms with Crippen LogP contribution in [0.2, 0.25) is 0 Å². The van der Waals surface area contributed by atoms with Crippen LogP contribution in [0.1, 0.15) is 5.56 Å². The molecule has 1 aromatic heterocycles. The fraction of sp³-hybridized carbons (Fsp3) is 0. The minimum atomic E-state index is -0.929. The normalized spacial score (nSPS) is 10.3. The average molecular weight is 308 g/mol. The molecule has 112 valence electrons. The van der Waals surface area contributed by atoms with Gasteiger partial charge in [0.05, 0.1) is 15.8 Å². The molecule has 0 radical (unpaired) electrons. The second-order valence-electron chi connectivity index (χ2n) is 4.65. The molecule has 0 aliphatic rings. The van der Waals surface area contributed by atoms with Crippen LogP contribution in [0.3, 0.4) is 0 Å². The Balaban J connectivity index is 2.13. The fourth-order valence-electron chi connectivity index (χ4n) is 2.12. The van der Waals surface area contributed by atoms with Gasteiger partial charge in [0, 0.05) is 23.4 Å². The molecule has 7 heteroatoms. The van der Waals surface area contributed by atoms with Gasteiger partial charge in [-0.25, -0.2) is 4.98 Å². The van der Waals surface area contributed by atoms with Gasteiger partial charge in [-0.1, -0.05) is 12.0 Å². The number of nitro benzene ring substituents is 1. The largest absolute Gasteiger partial charge is 0.339 e. The zero-order chi connectivity index (χ0) is 16.4. The topological polar surface area (TPSA) is 81.0 Å². The van der Waals surface area contributed by atoms with Gasteiger partial charge in [0.25, 0.3) is 5.69 Å². The van der Waals surface area contributed by atoms with Crippen LogP contribution < -0.4 is 5.32 Å². The number of hydrogen-bond acceptors (Lipinski definition) is 5. The van der Waals surface area contributed by atoms with Crippen LogP contribution in [0, 0.1) is 28.5 Å². The minimum absolute atomic E-state index is 0.130. The third-order valence-corrected chi connectivity index (χ3v) is 3.15. The number of anilines is 2. The molecule has 6 nitrogen and oxygen atoms in total. The first-order chi connectivity index (χ1) is 11.1. The molecule has 0 unspecified atom stereocenters. The Hall–Kier alpha value is -3.53. The first-order valence-corrected chi connectivity index (χ1v) is 6.52. The summed E-state index contributed by atoms with van der Waals surface area (Å²) in [4.78, 5) is 17.7. The Morgan fingerprint density at radius 2 is 2.04 bits per heavy atom. The molecule has 0 fully saturated rings. The predicted octanol–water partition coefficient (Wildman–Crippen LogP) is 3.40. The summed E-state index contributed by atoms with van der Waals surface area (Å²) in [6.07, 6.45) is 4.41. The molecule has 2 aromatic carbocycles. The summed E-state index contributed by atoms with van der Waals surface area (Å²) in [6.45, 7) is 0. The van der Waals surface area contributed by atoms with Crippen molar-refractivity contribution in [3.63, 3.8) is 0 Å². The summed E-state index contributed by atoms with van der Waals surface area (Å²) in [5.74, 6) is 2.62. The van der Waals surface area contributed by atoms with Crippen molar-refractivity contribution in [2.24, 2.45) is 0 Å². The van der Waals surface area contributed by atoms with E-state index in [9.17, 15) is 14.5 Å². The molecular weight excluding hydrogens is 299 g/mol. The molecule has 0 aliphatic carbocycles. The Morgan fingerprint density at radius 3 is 2.78 bits per heavy atom. The van der Waals surface area contributed by atoms with Crippen LogP contribution in [-0.2, 0) is 0 Å². The Labute approximate surface area is 130 Å². The molecule has 3 rings (SSSR count). The number of fused-ring (bicyclic) bond motifs is 1. The SMILES string of the molecule is C#Cc1cccc(Nc2nc(F)nc3ccc([N+](=O)[O-])cc23)c1. The molecule has 1 heterocycles. The van der Waals surface area contributed by atoms with Gasteiger partial charge in [0.1, 0.15) is 5.82 Å². The van der Waals surface area contributed by atoms with E-state index < -0.39 is 11.0 Å². The van der Waals surface area contributed by atoms with Gasteiger partial charge in [-0.15, -0.1) is 6.42 Å². The number of nitrogens with zero attached hydrogens (tertiary/aromatic N) is 3. The summed E-state index contributed by atoms with van der Waals surface area (Å²) in [5, 5.41) is 14.2. The van der Waals surface area contributed by atoms with Crippen molar-refractivity contribution in [2.45, 2.75) is 0 Å². The molecule has 0 amide bonds. The van der Waals surface area contributed by atoms with Crippen LogP contribution in [0.5, 0.6) is 0 Å². The number of hydrogen-bond donors (Lipinski definition) is 1. The van der Waals surface area contributed by atoms with E-state index in [2.05, 4.69) is 21.2 Å². The molecule has 0 spiro atoms. The lowest BCUT2D eigenvalue weighted by Crippen LogP contribution is -2.00. The Bertz CT molecular complexity index is 966. The number of nitrogens with one attached hydrogen (secondary N) is 1. The fourth-order valence-corrected chi connectivity index (χ4v) is 2.12. The second-order valence-corrected chi connectivity index (χ2v) is 4.65. The number of aromatic nitrogens is 2. The number of halogens is 1. The van der Waals surface area contributed by atoms with Crippen LogP contribution in [0.15, 0.2) is 42.5 Å². The molecular formula is C16H9FN4O2. The van der Waals surface area contributed by atoms with Crippen molar-refractivity contribution in [1.29, 1.82) is 0 Å². The molecule has 0 saturated heterocycles. The van der Waals surface area contributed by atoms with Crippen molar-refractivity contribution in [3.8, 4) is 12.3 Å². The molecule has 0 saturated carbocycles. The third kappa shape index (κ3) is 2.91. The average Bonchev–Trinajstić information content (AvgIpc) is 2.54. The summed E-state index contributed by atoms with van der Waals surface area (Å²) < 4.78 is 13.6. The predicted molar refractivity (Wildman–Crippen MR) is 83.8 cm³/mol. The van der Waals surface area contributed by atoms with Gasteiger partial charge >= 0.3 is 6.08 Å². The molecule has 0 atom stereocenters. The Morgan fingerprint density at radius 1 is 1.22 bits per heavy atom. The summed E-state index contributed by atoms with van der Waals surface area (Å²) >= 11 is 0. The van der Waals surface area contributed by atoms with E-state index in [4.69, 9.17) is 6.42 Å². The van der Waals surface area contributed by atoms with Crippen molar-refractivity contribution in [2.75, 3.05) is 5.32 Å². The van der Waals surface area contributed by atoms with Gasteiger partial charge < -0.3 is 5.32 Å². The van der Waals surface area contributed by atoms with Crippen molar-refractivity contribution < 1.29 is 9.31 Å². The molecule has 23 heavy (non-hydrogen) atoms. The summed E-state index contributed by atoms with van der Waals surface area (Å²) in [7, 11) is 0. The lowest BCUT2D eigenvalue weighted by Gasteiger charge is -2.09. The van der Waals surface area contributed by atoms with E-state index >= 15 is 0 Å². The van der Waals surface area contributed by atoms with Crippen LogP contribution >= 0.6 is 0 Å². The first kappa shape index (κ1) is 14.4. The number of benzene rings is 2. The highest BCUT2D eigenvalue weighted by atomic mass is 19.1. The highest BCUT2D eigenvalue weighted by Gasteiger charge is 2.13. The Kier molecular flexibility index (Phi) is 3.57. The zero-order valence-corrected chi connectivity index (χ0v) is 11.7. The molecule has 3 aromatic rings. The lowest BCUT2D eigenvalue weighted by molar-refractivity contribution is -0.384. The zero-order valence-electron chi connectivity index (χ0n) is 11.7. The van der Waals surface area contributed by atoms with Gasteiger partial charge in [-0.3, -0.25) is 10.1 Å². The number of rotatable bonds is 3. The van der Waals surface area contributed by atoms with E-state index in [1.165, 1.54) is 18.2 Å². The van der Waals surface area contributed by atoms with Crippen LogP contribution in [0.4, 0.5) is 21.6 Å². The smallest absolute Gasteiger partial charge is 0.311 e. The summed E-state index contributed by atoms with van der Waals surface area (Å²) in [6, 6.07) is 10.8. The van der Waals surface area contributed by atoms with Gasteiger partial charge in [-0.2, -0.15) is 9.37 Å². The quantitative estimate of drug-likeness (QED) is 0.347. The van der Waals surface area contributed by atoms with Crippen LogP contribution in [-0.4, -0.2) is 14.9 Å².